The molecular weight excluding hydrogens is 380 g/mol. The number of hydrogen-bond acceptors (Lipinski definition) is 4. The molecule has 8 heteroatoms. The molecule has 2 N–H and O–H groups in total. The van der Waals surface area contributed by atoms with Crippen molar-refractivity contribution in [3.05, 3.63) is 71.3 Å². The quantitative estimate of drug-likeness (QED) is 0.655. The number of anilines is 1. The molecule has 0 aliphatic heterocycles. The molecule has 0 fully saturated rings. The molecule has 3 rings (SSSR count). The highest BCUT2D eigenvalue weighted by molar-refractivity contribution is 6.30. The Bertz CT molecular complexity index is 934. The van der Waals surface area contributed by atoms with Crippen molar-refractivity contribution in [1.82, 2.24) is 14.9 Å². The first kappa shape index (κ1) is 19.6. The Kier molecular flexibility index (Phi) is 6.06. The number of amides is 2. The molecule has 7 nitrogen and oxygen atoms in total. The number of halogens is 1. The van der Waals surface area contributed by atoms with Crippen LogP contribution in [-0.4, -0.2) is 29.8 Å². The summed E-state index contributed by atoms with van der Waals surface area (Å²) in [6.45, 7) is 0. The SMILES string of the molecule is COc1cc(OC)cc([C@@H](NC(=O)Nc2ccc(Cl)cc2)c2nccn2C)c1. The van der Waals surface area contributed by atoms with Crippen LogP contribution in [0.4, 0.5) is 10.5 Å². The summed E-state index contributed by atoms with van der Waals surface area (Å²) in [5, 5.41) is 6.36. The zero-order chi connectivity index (χ0) is 20.1. The van der Waals surface area contributed by atoms with Gasteiger partial charge in [0.2, 0.25) is 0 Å². The molecule has 0 radical (unpaired) electrons. The first-order valence-corrected chi connectivity index (χ1v) is 8.91. The van der Waals surface area contributed by atoms with E-state index in [4.69, 9.17) is 21.1 Å². The third-order valence-corrected chi connectivity index (χ3v) is 4.45. The predicted octanol–water partition coefficient (Wildman–Crippen LogP) is 4.00. The maximum atomic E-state index is 12.6. The van der Waals surface area contributed by atoms with Crippen LogP contribution < -0.4 is 20.1 Å². The fraction of sp³-hybridized carbons (Fsp3) is 0.200. The van der Waals surface area contributed by atoms with Crippen molar-refractivity contribution in [2.45, 2.75) is 6.04 Å². The maximum Gasteiger partial charge on any atom is 0.320 e. The first-order chi connectivity index (χ1) is 13.5. The average Bonchev–Trinajstić information content (AvgIpc) is 3.13. The second kappa shape index (κ2) is 8.67. The van der Waals surface area contributed by atoms with Crippen molar-refractivity contribution in [1.29, 1.82) is 0 Å². The standard InChI is InChI=1S/C20H21ClN4O3/c1-25-9-8-22-19(25)18(13-10-16(27-2)12-17(11-13)28-3)24-20(26)23-15-6-4-14(21)5-7-15/h4-12,18H,1-3H3,(H2,23,24,26)/t18-/m1/s1. The third-order valence-electron chi connectivity index (χ3n) is 4.20. The van der Waals surface area contributed by atoms with Crippen LogP contribution in [0.15, 0.2) is 54.9 Å². The van der Waals surface area contributed by atoms with Gasteiger partial charge >= 0.3 is 6.03 Å². The number of aromatic nitrogens is 2. The zero-order valence-corrected chi connectivity index (χ0v) is 16.5. The number of aryl methyl sites for hydroxylation is 1. The topological polar surface area (TPSA) is 77.4 Å². The van der Waals surface area contributed by atoms with Gasteiger partial charge in [-0.05, 0) is 42.0 Å². The molecule has 1 atom stereocenters. The lowest BCUT2D eigenvalue weighted by Crippen LogP contribution is -2.34. The van der Waals surface area contributed by atoms with Crippen LogP contribution in [-0.2, 0) is 7.05 Å². The molecular formula is C20H21ClN4O3. The number of nitrogens with zero attached hydrogens (tertiary/aromatic N) is 2. The molecule has 0 saturated heterocycles. The fourth-order valence-corrected chi connectivity index (χ4v) is 2.91. The monoisotopic (exact) mass is 400 g/mol. The van der Waals surface area contributed by atoms with Gasteiger partial charge in [0.05, 0.1) is 14.2 Å². The molecule has 2 amide bonds. The summed E-state index contributed by atoms with van der Waals surface area (Å²) >= 11 is 5.89. The molecule has 2 aromatic carbocycles. The van der Waals surface area contributed by atoms with E-state index < -0.39 is 6.04 Å². The summed E-state index contributed by atoms with van der Waals surface area (Å²) in [5.41, 5.74) is 1.40. The summed E-state index contributed by atoms with van der Waals surface area (Å²) in [5.74, 6) is 1.91. The van der Waals surface area contributed by atoms with Crippen LogP contribution in [0.5, 0.6) is 11.5 Å². The summed E-state index contributed by atoms with van der Waals surface area (Å²) in [6, 6.07) is 11.4. The molecule has 146 valence electrons. The van der Waals surface area contributed by atoms with Gasteiger partial charge in [-0.15, -0.1) is 0 Å². The minimum absolute atomic E-state index is 0.378. The number of nitrogens with one attached hydrogen (secondary N) is 2. The molecule has 1 heterocycles. The van der Waals surface area contributed by atoms with Crippen LogP contribution in [0.1, 0.15) is 17.4 Å². The lowest BCUT2D eigenvalue weighted by molar-refractivity contribution is 0.249. The molecule has 0 bridgehead atoms. The van der Waals surface area contributed by atoms with E-state index in [0.29, 0.717) is 28.0 Å². The molecule has 3 aromatic rings. The highest BCUT2D eigenvalue weighted by Gasteiger charge is 2.22. The molecule has 28 heavy (non-hydrogen) atoms. The molecule has 0 spiro atoms. The van der Waals surface area contributed by atoms with Gasteiger partial charge in [-0.2, -0.15) is 0 Å². The average molecular weight is 401 g/mol. The number of carbonyl (C=O) groups is 1. The number of rotatable bonds is 6. The molecule has 0 saturated carbocycles. The Labute approximate surface area is 168 Å². The van der Waals surface area contributed by atoms with E-state index in [0.717, 1.165) is 5.56 Å². The van der Waals surface area contributed by atoms with Gasteiger partial charge in [0.25, 0.3) is 0 Å². The maximum absolute atomic E-state index is 12.6. The number of urea groups is 1. The molecule has 0 unspecified atom stereocenters. The summed E-state index contributed by atoms with van der Waals surface area (Å²) in [4.78, 5) is 17.0. The Morgan fingerprint density at radius 1 is 1.11 bits per heavy atom. The highest BCUT2D eigenvalue weighted by atomic mass is 35.5. The number of hydrogen-bond donors (Lipinski definition) is 2. The summed E-state index contributed by atoms with van der Waals surface area (Å²) < 4.78 is 12.6. The van der Waals surface area contributed by atoms with Crippen molar-refractivity contribution in [3.8, 4) is 11.5 Å². The van der Waals surface area contributed by atoms with Gasteiger partial charge in [0.15, 0.2) is 0 Å². The Hall–Kier alpha value is -3.19. The first-order valence-electron chi connectivity index (χ1n) is 8.53. The van der Waals surface area contributed by atoms with E-state index in [-0.39, 0.29) is 6.03 Å². The number of methoxy groups -OCH3 is 2. The minimum atomic E-state index is -0.517. The Morgan fingerprint density at radius 2 is 1.75 bits per heavy atom. The lowest BCUT2D eigenvalue weighted by atomic mass is 10.1. The normalized spacial score (nSPS) is 11.6. The number of ether oxygens (including phenoxy) is 2. The van der Waals surface area contributed by atoms with E-state index >= 15 is 0 Å². The predicted molar refractivity (Wildman–Crippen MR) is 108 cm³/mol. The van der Waals surface area contributed by atoms with Crippen molar-refractivity contribution in [3.63, 3.8) is 0 Å². The number of imidazole rings is 1. The van der Waals surface area contributed by atoms with Crippen LogP contribution in [0.3, 0.4) is 0 Å². The largest absolute Gasteiger partial charge is 0.497 e. The van der Waals surface area contributed by atoms with Crippen molar-refractivity contribution < 1.29 is 14.3 Å². The molecule has 1 aromatic heterocycles. The Balaban J connectivity index is 1.91. The minimum Gasteiger partial charge on any atom is -0.497 e. The van der Waals surface area contributed by atoms with E-state index in [1.54, 1.807) is 50.7 Å². The van der Waals surface area contributed by atoms with Crippen LogP contribution in [0.25, 0.3) is 0 Å². The highest BCUT2D eigenvalue weighted by Crippen LogP contribution is 2.29. The Morgan fingerprint density at radius 3 is 2.29 bits per heavy atom. The number of carbonyl (C=O) groups excluding carboxylic acids is 1. The van der Waals surface area contributed by atoms with E-state index in [1.165, 1.54) is 0 Å². The van der Waals surface area contributed by atoms with Crippen molar-refractivity contribution in [2.75, 3.05) is 19.5 Å². The second-order valence-electron chi connectivity index (χ2n) is 6.08. The van der Waals surface area contributed by atoms with Gasteiger partial charge in [0.1, 0.15) is 23.4 Å². The van der Waals surface area contributed by atoms with Gasteiger partial charge in [-0.3, -0.25) is 0 Å². The lowest BCUT2D eigenvalue weighted by Gasteiger charge is -2.21. The van der Waals surface area contributed by atoms with Crippen LogP contribution >= 0.6 is 11.6 Å². The molecule has 0 aliphatic carbocycles. The van der Waals surface area contributed by atoms with Crippen LogP contribution in [0.2, 0.25) is 5.02 Å². The van der Waals surface area contributed by atoms with E-state index in [1.807, 2.05) is 29.9 Å². The van der Waals surface area contributed by atoms with Crippen molar-refractivity contribution >= 4 is 23.3 Å². The summed E-state index contributed by atoms with van der Waals surface area (Å²) in [6.07, 6.45) is 3.50. The van der Waals surface area contributed by atoms with E-state index in [9.17, 15) is 4.79 Å². The summed E-state index contributed by atoms with van der Waals surface area (Å²) in [7, 11) is 5.02. The van der Waals surface area contributed by atoms with E-state index in [2.05, 4.69) is 15.6 Å². The van der Waals surface area contributed by atoms with Gasteiger partial charge < -0.3 is 24.7 Å². The van der Waals surface area contributed by atoms with Crippen molar-refractivity contribution in [2.24, 2.45) is 7.05 Å². The van der Waals surface area contributed by atoms with Gasteiger partial charge in [-0.1, -0.05) is 11.6 Å². The van der Waals surface area contributed by atoms with Crippen LogP contribution in [0, 0.1) is 0 Å². The smallest absolute Gasteiger partial charge is 0.320 e. The third kappa shape index (κ3) is 4.55. The van der Waals surface area contributed by atoms with Gasteiger partial charge in [0, 0.05) is 36.2 Å². The number of benzene rings is 2. The van der Waals surface area contributed by atoms with Gasteiger partial charge in [-0.25, -0.2) is 9.78 Å². The molecule has 0 aliphatic rings. The fourth-order valence-electron chi connectivity index (χ4n) is 2.78. The zero-order valence-electron chi connectivity index (χ0n) is 15.8. The second-order valence-corrected chi connectivity index (χ2v) is 6.52.